The average molecular weight is 296 g/mol. The number of hydrogen-bond donors (Lipinski definition) is 1. The second-order valence-electron chi connectivity index (χ2n) is 3.72. The minimum absolute atomic E-state index is 0.0194. The van der Waals surface area contributed by atoms with E-state index in [4.69, 9.17) is 11.6 Å². The maximum absolute atomic E-state index is 12.7. The number of nitrogens with one attached hydrogen (secondary N) is 1. The minimum atomic E-state index is -4.51. The number of carbonyl (C=O) groups is 1. The number of halogens is 4. The zero-order chi connectivity index (χ0) is 14.6. The van der Waals surface area contributed by atoms with Gasteiger partial charge < -0.3 is 10.2 Å². The van der Waals surface area contributed by atoms with E-state index in [-0.39, 0.29) is 23.4 Å². The molecular formula is C11H13ClF3N3O. The summed E-state index contributed by atoms with van der Waals surface area (Å²) in [5, 5.41) is 2.13. The number of anilines is 1. The third-order valence-electron chi connectivity index (χ3n) is 2.43. The Labute approximate surface area is 113 Å². The van der Waals surface area contributed by atoms with E-state index in [0.29, 0.717) is 6.54 Å². The topological polar surface area (TPSA) is 45.2 Å². The maximum Gasteiger partial charge on any atom is 0.416 e. The lowest BCUT2D eigenvalue weighted by Crippen LogP contribution is -2.36. The van der Waals surface area contributed by atoms with Crippen molar-refractivity contribution < 1.29 is 18.0 Å². The number of alkyl halides is 3. The molecule has 0 aliphatic rings. The highest BCUT2D eigenvalue weighted by atomic mass is 35.5. The van der Waals surface area contributed by atoms with Gasteiger partial charge >= 0.3 is 6.18 Å². The van der Waals surface area contributed by atoms with Gasteiger partial charge in [-0.3, -0.25) is 4.79 Å². The van der Waals surface area contributed by atoms with E-state index in [1.807, 2.05) is 0 Å². The van der Waals surface area contributed by atoms with Crippen molar-refractivity contribution in [3.63, 3.8) is 0 Å². The SMILES string of the molecule is CCN(CC(=O)NC)c1cc(C(F)(F)F)cc(Cl)n1. The van der Waals surface area contributed by atoms with Crippen LogP contribution in [-0.4, -0.2) is 31.0 Å². The Kier molecular flexibility index (Phi) is 4.99. The molecule has 0 saturated heterocycles. The van der Waals surface area contributed by atoms with E-state index in [2.05, 4.69) is 10.3 Å². The second-order valence-corrected chi connectivity index (χ2v) is 4.11. The lowest BCUT2D eigenvalue weighted by molar-refractivity contribution is -0.137. The van der Waals surface area contributed by atoms with E-state index >= 15 is 0 Å². The minimum Gasteiger partial charge on any atom is -0.358 e. The first-order valence-corrected chi connectivity index (χ1v) is 5.86. The molecule has 4 nitrogen and oxygen atoms in total. The largest absolute Gasteiger partial charge is 0.416 e. The Morgan fingerprint density at radius 2 is 2.11 bits per heavy atom. The quantitative estimate of drug-likeness (QED) is 0.867. The molecule has 106 valence electrons. The van der Waals surface area contributed by atoms with Crippen LogP contribution in [0.15, 0.2) is 12.1 Å². The Balaban J connectivity index is 3.10. The molecule has 0 aliphatic heterocycles. The molecule has 0 fully saturated rings. The summed E-state index contributed by atoms with van der Waals surface area (Å²) in [6, 6.07) is 1.62. The van der Waals surface area contributed by atoms with Crippen molar-refractivity contribution in [2.75, 3.05) is 25.0 Å². The van der Waals surface area contributed by atoms with Crippen molar-refractivity contribution in [3.05, 3.63) is 22.8 Å². The predicted molar refractivity (Wildman–Crippen MR) is 66.2 cm³/mol. The van der Waals surface area contributed by atoms with Gasteiger partial charge in [0.15, 0.2) is 0 Å². The number of likely N-dealkylation sites (N-methyl/N-ethyl adjacent to an activating group) is 2. The summed E-state index contributed by atoms with van der Waals surface area (Å²) in [6.45, 7) is 1.95. The first-order valence-electron chi connectivity index (χ1n) is 5.48. The Bertz CT molecular complexity index is 465. The number of aromatic nitrogens is 1. The first-order chi connectivity index (χ1) is 8.77. The fourth-order valence-corrected chi connectivity index (χ4v) is 1.62. The lowest BCUT2D eigenvalue weighted by atomic mass is 10.2. The molecule has 0 bridgehead atoms. The summed E-state index contributed by atoms with van der Waals surface area (Å²) in [4.78, 5) is 16.5. The van der Waals surface area contributed by atoms with E-state index in [9.17, 15) is 18.0 Å². The summed E-state index contributed by atoms with van der Waals surface area (Å²) >= 11 is 5.59. The van der Waals surface area contributed by atoms with Crippen LogP contribution in [0.1, 0.15) is 12.5 Å². The van der Waals surface area contributed by atoms with Gasteiger partial charge in [-0.1, -0.05) is 11.6 Å². The molecular weight excluding hydrogens is 283 g/mol. The van der Waals surface area contributed by atoms with Gasteiger partial charge in [0.25, 0.3) is 0 Å². The van der Waals surface area contributed by atoms with Crippen LogP contribution in [0, 0.1) is 0 Å². The molecule has 19 heavy (non-hydrogen) atoms. The molecule has 0 unspecified atom stereocenters. The van der Waals surface area contributed by atoms with Crippen LogP contribution in [0.5, 0.6) is 0 Å². The van der Waals surface area contributed by atoms with E-state index in [1.54, 1.807) is 6.92 Å². The van der Waals surface area contributed by atoms with Crippen molar-refractivity contribution in [1.82, 2.24) is 10.3 Å². The van der Waals surface area contributed by atoms with Crippen molar-refractivity contribution in [3.8, 4) is 0 Å². The number of nitrogens with zero attached hydrogens (tertiary/aromatic N) is 2. The van der Waals surface area contributed by atoms with E-state index in [1.165, 1.54) is 11.9 Å². The Morgan fingerprint density at radius 1 is 1.47 bits per heavy atom. The van der Waals surface area contributed by atoms with Gasteiger partial charge in [-0.2, -0.15) is 13.2 Å². The zero-order valence-corrected chi connectivity index (χ0v) is 11.1. The van der Waals surface area contributed by atoms with Gasteiger partial charge in [-0.25, -0.2) is 4.98 Å². The van der Waals surface area contributed by atoms with Gasteiger partial charge in [-0.05, 0) is 19.1 Å². The van der Waals surface area contributed by atoms with Crippen LogP contribution in [0.25, 0.3) is 0 Å². The Morgan fingerprint density at radius 3 is 2.58 bits per heavy atom. The molecule has 0 saturated carbocycles. The molecule has 0 radical (unpaired) electrons. The Hall–Kier alpha value is -1.50. The highest BCUT2D eigenvalue weighted by Crippen LogP contribution is 2.32. The molecule has 0 atom stereocenters. The molecule has 8 heteroatoms. The molecule has 1 aromatic rings. The van der Waals surface area contributed by atoms with Crippen LogP contribution in [0.2, 0.25) is 5.15 Å². The molecule has 0 aliphatic carbocycles. The molecule has 1 rings (SSSR count). The number of amides is 1. The number of pyridine rings is 1. The normalized spacial score (nSPS) is 11.3. The highest BCUT2D eigenvalue weighted by Gasteiger charge is 2.32. The smallest absolute Gasteiger partial charge is 0.358 e. The third kappa shape index (κ3) is 4.27. The molecule has 1 amide bonds. The molecule has 0 spiro atoms. The zero-order valence-electron chi connectivity index (χ0n) is 10.4. The molecule has 1 heterocycles. The first kappa shape index (κ1) is 15.6. The standard InChI is InChI=1S/C11H13ClF3N3O/c1-3-18(6-10(19)16-2)9-5-7(11(13,14)15)4-8(12)17-9/h4-5H,3,6H2,1-2H3,(H,16,19). The van der Waals surface area contributed by atoms with Crippen LogP contribution >= 0.6 is 11.6 Å². The van der Waals surface area contributed by atoms with Crippen molar-refractivity contribution in [1.29, 1.82) is 0 Å². The summed E-state index contributed by atoms with van der Waals surface area (Å²) in [6.07, 6.45) is -4.51. The molecule has 1 aromatic heterocycles. The monoisotopic (exact) mass is 295 g/mol. The highest BCUT2D eigenvalue weighted by molar-refractivity contribution is 6.29. The fraction of sp³-hybridized carbons (Fsp3) is 0.455. The maximum atomic E-state index is 12.7. The van der Waals surface area contributed by atoms with Crippen molar-refractivity contribution in [2.24, 2.45) is 0 Å². The van der Waals surface area contributed by atoms with Crippen molar-refractivity contribution >= 4 is 23.3 Å². The van der Waals surface area contributed by atoms with Gasteiger partial charge in [0.1, 0.15) is 11.0 Å². The van der Waals surface area contributed by atoms with Gasteiger partial charge in [-0.15, -0.1) is 0 Å². The summed E-state index contributed by atoms with van der Waals surface area (Å²) in [5.74, 6) is -0.303. The third-order valence-corrected chi connectivity index (χ3v) is 2.62. The van der Waals surface area contributed by atoms with Crippen LogP contribution in [0.3, 0.4) is 0 Å². The predicted octanol–water partition coefficient (Wildman–Crippen LogP) is 2.33. The summed E-state index contributed by atoms with van der Waals surface area (Å²) in [5.41, 5.74) is -0.891. The van der Waals surface area contributed by atoms with Crippen LogP contribution < -0.4 is 10.2 Å². The fourth-order valence-electron chi connectivity index (χ4n) is 1.42. The molecule has 0 aromatic carbocycles. The number of rotatable bonds is 4. The van der Waals surface area contributed by atoms with Crippen molar-refractivity contribution in [2.45, 2.75) is 13.1 Å². The van der Waals surface area contributed by atoms with Gasteiger partial charge in [0.2, 0.25) is 5.91 Å². The number of carbonyl (C=O) groups excluding carboxylic acids is 1. The summed E-state index contributed by atoms with van der Waals surface area (Å²) in [7, 11) is 1.45. The van der Waals surface area contributed by atoms with Crippen LogP contribution in [0.4, 0.5) is 19.0 Å². The second kappa shape index (κ2) is 6.10. The lowest BCUT2D eigenvalue weighted by Gasteiger charge is -2.22. The summed E-state index contributed by atoms with van der Waals surface area (Å²) < 4.78 is 38.0. The van der Waals surface area contributed by atoms with E-state index < -0.39 is 11.7 Å². The average Bonchev–Trinajstić information content (AvgIpc) is 2.33. The van der Waals surface area contributed by atoms with Crippen LogP contribution in [-0.2, 0) is 11.0 Å². The van der Waals surface area contributed by atoms with Gasteiger partial charge in [0.05, 0.1) is 12.1 Å². The van der Waals surface area contributed by atoms with E-state index in [0.717, 1.165) is 12.1 Å². The molecule has 1 N–H and O–H groups in total. The number of hydrogen-bond acceptors (Lipinski definition) is 3. The van der Waals surface area contributed by atoms with Gasteiger partial charge in [0, 0.05) is 13.6 Å².